The van der Waals surface area contributed by atoms with Gasteiger partial charge in [-0.25, -0.2) is 0 Å². The van der Waals surface area contributed by atoms with Gasteiger partial charge < -0.3 is 10.2 Å². The van der Waals surface area contributed by atoms with Gasteiger partial charge in [0, 0.05) is 18.6 Å². The highest BCUT2D eigenvalue weighted by atomic mass is 15.2. The molecule has 20 heavy (non-hydrogen) atoms. The molecule has 2 nitrogen and oxygen atoms in total. The SMILES string of the molecule is CCCNC1CCCCC1N(C)CC1CC2CCC1C2. The van der Waals surface area contributed by atoms with Gasteiger partial charge in [0.1, 0.15) is 0 Å². The molecule has 0 saturated heterocycles. The van der Waals surface area contributed by atoms with Gasteiger partial charge in [-0.3, -0.25) is 0 Å². The molecular weight excluding hydrogens is 244 g/mol. The normalized spacial score (nSPS) is 40.6. The van der Waals surface area contributed by atoms with Crippen LogP contribution in [0.25, 0.3) is 0 Å². The highest BCUT2D eigenvalue weighted by Gasteiger charge is 2.40. The van der Waals surface area contributed by atoms with Gasteiger partial charge in [0.25, 0.3) is 0 Å². The summed E-state index contributed by atoms with van der Waals surface area (Å²) in [6.07, 6.45) is 13.1. The lowest BCUT2D eigenvalue weighted by Gasteiger charge is -2.40. The van der Waals surface area contributed by atoms with Gasteiger partial charge in [-0.2, -0.15) is 0 Å². The second kappa shape index (κ2) is 6.79. The maximum atomic E-state index is 3.82. The van der Waals surface area contributed by atoms with E-state index in [1.165, 1.54) is 64.5 Å². The van der Waals surface area contributed by atoms with Crippen molar-refractivity contribution in [2.45, 2.75) is 76.8 Å². The molecular formula is C18H34N2. The fourth-order valence-corrected chi connectivity index (χ4v) is 5.31. The summed E-state index contributed by atoms with van der Waals surface area (Å²) in [4.78, 5) is 2.73. The molecule has 3 aliphatic carbocycles. The van der Waals surface area contributed by atoms with Gasteiger partial charge >= 0.3 is 0 Å². The minimum Gasteiger partial charge on any atom is -0.312 e. The van der Waals surface area contributed by atoms with Crippen molar-refractivity contribution in [2.75, 3.05) is 20.1 Å². The first kappa shape index (κ1) is 14.8. The average Bonchev–Trinajstić information content (AvgIpc) is 3.08. The zero-order chi connectivity index (χ0) is 13.9. The van der Waals surface area contributed by atoms with Gasteiger partial charge in [-0.1, -0.05) is 26.2 Å². The quantitative estimate of drug-likeness (QED) is 0.797. The first-order valence-electron chi connectivity index (χ1n) is 9.21. The summed E-state index contributed by atoms with van der Waals surface area (Å²) in [7, 11) is 2.41. The molecule has 2 heteroatoms. The number of likely N-dealkylation sites (N-methyl/N-ethyl adjacent to an activating group) is 1. The minimum atomic E-state index is 0.757. The summed E-state index contributed by atoms with van der Waals surface area (Å²) in [5.74, 6) is 3.19. The van der Waals surface area contributed by atoms with E-state index in [4.69, 9.17) is 0 Å². The van der Waals surface area contributed by atoms with Gasteiger partial charge in [-0.05, 0) is 69.9 Å². The van der Waals surface area contributed by atoms with E-state index in [1.807, 2.05) is 0 Å². The van der Waals surface area contributed by atoms with Crippen LogP contribution in [-0.4, -0.2) is 37.1 Å². The lowest BCUT2D eigenvalue weighted by Crippen LogP contribution is -2.51. The highest BCUT2D eigenvalue weighted by molar-refractivity contribution is 4.93. The first-order valence-corrected chi connectivity index (χ1v) is 9.21. The Morgan fingerprint density at radius 3 is 2.60 bits per heavy atom. The molecule has 0 aromatic heterocycles. The van der Waals surface area contributed by atoms with E-state index >= 15 is 0 Å². The second-order valence-corrected chi connectivity index (χ2v) is 7.79. The van der Waals surface area contributed by atoms with E-state index in [2.05, 4.69) is 24.2 Å². The summed E-state index contributed by atoms with van der Waals surface area (Å²) < 4.78 is 0. The molecule has 0 aliphatic heterocycles. The van der Waals surface area contributed by atoms with E-state index < -0.39 is 0 Å². The van der Waals surface area contributed by atoms with Gasteiger partial charge in [0.15, 0.2) is 0 Å². The number of hydrogen-bond acceptors (Lipinski definition) is 2. The van der Waals surface area contributed by atoms with Gasteiger partial charge in [0.2, 0.25) is 0 Å². The predicted octanol–water partition coefficient (Wildman–Crippen LogP) is 3.67. The van der Waals surface area contributed by atoms with Crippen LogP contribution in [0.5, 0.6) is 0 Å². The maximum Gasteiger partial charge on any atom is 0.0246 e. The molecule has 1 N–H and O–H groups in total. The Morgan fingerprint density at radius 1 is 1.05 bits per heavy atom. The molecule has 0 aromatic rings. The minimum absolute atomic E-state index is 0.757. The lowest BCUT2D eigenvalue weighted by molar-refractivity contribution is 0.116. The molecule has 116 valence electrons. The van der Waals surface area contributed by atoms with Crippen LogP contribution in [-0.2, 0) is 0 Å². The third kappa shape index (κ3) is 3.22. The third-order valence-corrected chi connectivity index (χ3v) is 6.36. The molecule has 5 atom stereocenters. The summed E-state index contributed by atoms with van der Waals surface area (Å²) in [6.45, 7) is 4.85. The number of hydrogen-bond donors (Lipinski definition) is 1. The zero-order valence-electron chi connectivity index (χ0n) is 13.6. The lowest BCUT2D eigenvalue weighted by atomic mass is 9.85. The van der Waals surface area contributed by atoms with Crippen molar-refractivity contribution in [1.29, 1.82) is 0 Å². The fraction of sp³-hybridized carbons (Fsp3) is 1.00. The summed E-state index contributed by atoms with van der Waals surface area (Å²) in [5.41, 5.74) is 0. The Kier molecular flexibility index (Phi) is 5.04. The molecule has 0 aromatic carbocycles. The van der Waals surface area contributed by atoms with E-state index in [1.54, 1.807) is 6.42 Å². The smallest absolute Gasteiger partial charge is 0.0246 e. The molecule has 3 aliphatic rings. The topological polar surface area (TPSA) is 15.3 Å². The summed E-state index contributed by atoms with van der Waals surface area (Å²) in [5, 5.41) is 3.82. The Balaban J connectivity index is 1.52. The van der Waals surface area contributed by atoms with Crippen molar-refractivity contribution in [3.63, 3.8) is 0 Å². The van der Waals surface area contributed by atoms with Crippen LogP contribution >= 0.6 is 0 Å². The highest BCUT2D eigenvalue weighted by Crippen LogP contribution is 2.48. The zero-order valence-corrected chi connectivity index (χ0v) is 13.6. The van der Waals surface area contributed by atoms with E-state index in [-0.39, 0.29) is 0 Å². The average molecular weight is 278 g/mol. The van der Waals surface area contributed by atoms with Crippen molar-refractivity contribution in [1.82, 2.24) is 10.2 Å². The largest absolute Gasteiger partial charge is 0.312 e. The molecule has 3 fully saturated rings. The number of rotatable bonds is 6. The van der Waals surface area contributed by atoms with Crippen LogP contribution in [0.4, 0.5) is 0 Å². The second-order valence-electron chi connectivity index (χ2n) is 7.79. The predicted molar refractivity (Wildman–Crippen MR) is 85.9 cm³/mol. The van der Waals surface area contributed by atoms with Crippen LogP contribution in [0.1, 0.15) is 64.7 Å². The molecule has 5 unspecified atom stereocenters. The van der Waals surface area contributed by atoms with E-state index in [9.17, 15) is 0 Å². The van der Waals surface area contributed by atoms with Crippen LogP contribution < -0.4 is 5.32 Å². The molecule has 0 amide bonds. The molecule has 3 rings (SSSR count). The van der Waals surface area contributed by atoms with Gasteiger partial charge in [0.05, 0.1) is 0 Å². The van der Waals surface area contributed by atoms with Crippen molar-refractivity contribution >= 4 is 0 Å². The standard InChI is InChI=1S/C18H34N2/c1-3-10-19-17-6-4-5-7-18(17)20(2)13-16-12-14-8-9-15(16)11-14/h14-19H,3-13H2,1-2H3. The van der Waals surface area contributed by atoms with Crippen molar-refractivity contribution in [3.05, 3.63) is 0 Å². The fourth-order valence-electron chi connectivity index (χ4n) is 5.31. The molecule has 3 saturated carbocycles. The van der Waals surface area contributed by atoms with Crippen molar-refractivity contribution in [3.8, 4) is 0 Å². The number of nitrogens with one attached hydrogen (secondary N) is 1. The van der Waals surface area contributed by atoms with Crippen LogP contribution in [0, 0.1) is 17.8 Å². The number of fused-ring (bicyclic) bond motifs is 2. The van der Waals surface area contributed by atoms with E-state index in [0.29, 0.717) is 0 Å². The van der Waals surface area contributed by atoms with E-state index in [0.717, 1.165) is 29.8 Å². The first-order chi connectivity index (χ1) is 9.78. The maximum absolute atomic E-state index is 3.82. The molecule has 0 heterocycles. The summed E-state index contributed by atoms with van der Waals surface area (Å²) >= 11 is 0. The third-order valence-electron chi connectivity index (χ3n) is 6.36. The van der Waals surface area contributed by atoms with Crippen LogP contribution in [0.3, 0.4) is 0 Å². The summed E-state index contributed by atoms with van der Waals surface area (Å²) in [6, 6.07) is 1.56. The van der Waals surface area contributed by atoms with Crippen molar-refractivity contribution in [2.24, 2.45) is 17.8 Å². The Bertz CT molecular complexity index is 304. The monoisotopic (exact) mass is 278 g/mol. The Morgan fingerprint density at radius 2 is 1.90 bits per heavy atom. The van der Waals surface area contributed by atoms with Crippen LogP contribution in [0.2, 0.25) is 0 Å². The van der Waals surface area contributed by atoms with Crippen LogP contribution in [0.15, 0.2) is 0 Å². The molecule has 2 bridgehead atoms. The van der Waals surface area contributed by atoms with Crippen molar-refractivity contribution < 1.29 is 0 Å². The van der Waals surface area contributed by atoms with Gasteiger partial charge in [-0.15, -0.1) is 0 Å². The Hall–Kier alpha value is -0.0800. The molecule has 0 spiro atoms. The molecule has 0 radical (unpaired) electrons. The number of nitrogens with zero attached hydrogens (tertiary/aromatic N) is 1. The Labute approximate surface area is 125 Å².